The van der Waals surface area contributed by atoms with Crippen LogP contribution in [-0.4, -0.2) is 58.0 Å². The zero-order valence-corrected chi connectivity index (χ0v) is 17.5. The number of sulfonamides is 1. The minimum atomic E-state index is -3.85. The molecule has 1 saturated carbocycles. The average molecular weight is 423 g/mol. The van der Waals surface area contributed by atoms with Gasteiger partial charge in [-0.2, -0.15) is 5.26 Å². The Bertz CT molecular complexity index is 914. The maximum Gasteiger partial charge on any atom is 0.338 e. The van der Waals surface area contributed by atoms with Crippen molar-refractivity contribution in [2.75, 3.05) is 27.8 Å². The number of carbonyl (C=O) groups is 2. The maximum absolute atomic E-state index is 12.4. The molecule has 1 amide bonds. The summed E-state index contributed by atoms with van der Waals surface area (Å²) in [5.41, 5.74) is -0.957. The molecule has 0 heterocycles. The fourth-order valence-electron chi connectivity index (χ4n) is 3.14. The first-order valence-corrected chi connectivity index (χ1v) is 10.6. The molecule has 0 unspecified atom stereocenters. The van der Waals surface area contributed by atoms with Crippen LogP contribution in [0.25, 0.3) is 0 Å². The number of rotatable bonds is 7. The van der Waals surface area contributed by atoms with Crippen molar-refractivity contribution in [1.29, 1.82) is 5.26 Å². The smallest absolute Gasteiger partial charge is 0.338 e. The second-order valence-corrected chi connectivity index (χ2v) is 9.15. The highest BCUT2D eigenvalue weighted by Crippen LogP contribution is 2.28. The number of nitrogens with one attached hydrogen (secondary N) is 1. The largest absolute Gasteiger partial charge is 0.495 e. The molecule has 10 heteroatoms. The van der Waals surface area contributed by atoms with Gasteiger partial charge in [0.2, 0.25) is 10.0 Å². The predicted molar refractivity (Wildman–Crippen MR) is 104 cm³/mol. The molecule has 29 heavy (non-hydrogen) atoms. The van der Waals surface area contributed by atoms with Gasteiger partial charge in [0.1, 0.15) is 16.2 Å². The third-order valence-corrected chi connectivity index (χ3v) is 6.63. The highest BCUT2D eigenvalue weighted by molar-refractivity contribution is 7.89. The molecule has 0 aromatic heterocycles. The number of hydrogen-bond acceptors (Lipinski definition) is 7. The topological polar surface area (TPSA) is 126 Å². The summed E-state index contributed by atoms with van der Waals surface area (Å²) in [5, 5.41) is 12.1. The van der Waals surface area contributed by atoms with E-state index in [1.807, 2.05) is 0 Å². The first-order chi connectivity index (χ1) is 13.6. The Labute approximate surface area is 170 Å². The van der Waals surface area contributed by atoms with Crippen LogP contribution in [0.2, 0.25) is 0 Å². The second-order valence-electron chi connectivity index (χ2n) is 7.03. The number of ether oxygens (including phenoxy) is 2. The van der Waals surface area contributed by atoms with Crippen LogP contribution in [0.4, 0.5) is 0 Å². The van der Waals surface area contributed by atoms with E-state index in [9.17, 15) is 23.3 Å². The second kappa shape index (κ2) is 9.24. The highest BCUT2D eigenvalue weighted by Gasteiger charge is 2.33. The van der Waals surface area contributed by atoms with Crippen LogP contribution in [-0.2, 0) is 19.6 Å². The Morgan fingerprint density at radius 1 is 1.24 bits per heavy atom. The van der Waals surface area contributed by atoms with Crippen molar-refractivity contribution in [2.45, 2.75) is 42.5 Å². The van der Waals surface area contributed by atoms with Gasteiger partial charge < -0.3 is 14.8 Å². The van der Waals surface area contributed by atoms with Crippen molar-refractivity contribution >= 4 is 21.9 Å². The zero-order valence-electron chi connectivity index (χ0n) is 16.7. The van der Waals surface area contributed by atoms with Crippen LogP contribution in [0.15, 0.2) is 23.1 Å². The van der Waals surface area contributed by atoms with E-state index in [-0.39, 0.29) is 16.2 Å². The number of nitrogens with zero attached hydrogens (tertiary/aromatic N) is 2. The molecule has 1 aromatic carbocycles. The first-order valence-electron chi connectivity index (χ1n) is 9.15. The number of esters is 1. The molecule has 0 radical (unpaired) electrons. The Kier molecular flexibility index (Phi) is 7.21. The van der Waals surface area contributed by atoms with Crippen LogP contribution in [0.1, 0.15) is 42.5 Å². The van der Waals surface area contributed by atoms with Gasteiger partial charge in [-0.1, -0.05) is 19.3 Å². The fourth-order valence-corrected chi connectivity index (χ4v) is 4.21. The van der Waals surface area contributed by atoms with E-state index in [2.05, 4.69) is 11.4 Å². The van der Waals surface area contributed by atoms with E-state index in [4.69, 9.17) is 9.47 Å². The Hall–Kier alpha value is -2.64. The summed E-state index contributed by atoms with van der Waals surface area (Å²) < 4.78 is 36.0. The van der Waals surface area contributed by atoms with Crippen LogP contribution in [0, 0.1) is 11.3 Å². The van der Waals surface area contributed by atoms with E-state index in [0.717, 1.165) is 29.6 Å². The molecule has 9 nitrogen and oxygen atoms in total. The molecular weight excluding hydrogens is 398 g/mol. The van der Waals surface area contributed by atoms with Gasteiger partial charge >= 0.3 is 5.97 Å². The molecule has 1 aliphatic rings. The average Bonchev–Trinajstić information content (AvgIpc) is 2.72. The minimum absolute atomic E-state index is 0.0355. The van der Waals surface area contributed by atoms with Gasteiger partial charge in [-0.05, 0) is 31.0 Å². The van der Waals surface area contributed by atoms with Gasteiger partial charge in [-0.15, -0.1) is 0 Å². The van der Waals surface area contributed by atoms with Crippen LogP contribution < -0.4 is 10.1 Å². The molecule has 158 valence electrons. The van der Waals surface area contributed by atoms with Gasteiger partial charge in [0, 0.05) is 14.1 Å². The molecule has 0 aliphatic heterocycles. The molecule has 0 spiro atoms. The predicted octanol–water partition coefficient (Wildman–Crippen LogP) is 1.44. The van der Waals surface area contributed by atoms with Crippen molar-refractivity contribution in [2.24, 2.45) is 0 Å². The molecule has 0 saturated heterocycles. The monoisotopic (exact) mass is 423 g/mol. The SMILES string of the molecule is COc1ccc(C(=O)OCC(=O)NC2(C#N)CCCCC2)cc1S(=O)(=O)N(C)C. The zero-order chi connectivity index (χ0) is 21.7. The molecule has 1 aromatic rings. The summed E-state index contributed by atoms with van der Waals surface area (Å²) in [6.45, 7) is -0.565. The first kappa shape index (κ1) is 22.6. The Morgan fingerprint density at radius 2 is 1.90 bits per heavy atom. The Morgan fingerprint density at radius 3 is 2.45 bits per heavy atom. The minimum Gasteiger partial charge on any atom is -0.495 e. The summed E-state index contributed by atoms with van der Waals surface area (Å²) in [5.74, 6) is -1.34. The molecule has 0 bridgehead atoms. The van der Waals surface area contributed by atoms with Gasteiger partial charge in [-0.25, -0.2) is 17.5 Å². The van der Waals surface area contributed by atoms with E-state index < -0.39 is 34.0 Å². The summed E-state index contributed by atoms with van der Waals surface area (Å²) in [6.07, 6.45) is 3.84. The third-order valence-electron chi connectivity index (χ3n) is 4.79. The van der Waals surface area contributed by atoms with E-state index in [1.165, 1.54) is 33.3 Å². The summed E-state index contributed by atoms with van der Waals surface area (Å²) in [7, 11) is 0.193. The molecule has 1 fully saturated rings. The molecule has 2 rings (SSSR count). The molecule has 1 aliphatic carbocycles. The molecule has 0 atom stereocenters. The van der Waals surface area contributed by atoms with E-state index in [0.29, 0.717) is 12.8 Å². The van der Waals surface area contributed by atoms with Gasteiger partial charge in [0.05, 0.1) is 18.7 Å². The summed E-state index contributed by atoms with van der Waals surface area (Å²) in [6, 6.07) is 6.00. The van der Waals surface area contributed by atoms with Crippen molar-refractivity contribution in [1.82, 2.24) is 9.62 Å². The maximum atomic E-state index is 12.4. The van der Waals surface area contributed by atoms with Crippen molar-refractivity contribution in [3.63, 3.8) is 0 Å². The Balaban J connectivity index is 2.09. The van der Waals surface area contributed by atoms with Crippen LogP contribution in [0.3, 0.4) is 0 Å². The highest BCUT2D eigenvalue weighted by atomic mass is 32.2. The van der Waals surface area contributed by atoms with Crippen molar-refractivity contribution < 1.29 is 27.5 Å². The standard InChI is InChI=1S/C19H25N3O6S/c1-22(2)29(25,26)16-11-14(7-8-15(16)27-3)18(24)28-12-17(23)21-19(13-20)9-5-4-6-10-19/h7-8,11H,4-6,9-10,12H2,1-3H3,(H,21,23). The van der Waals surface area contributed by atoms with Gasteiger partial charge in [0.25, 0.3) is 5.91 Å². The number of amides is 1. The lowest BCUT2D eigenvalue weighted by molar-refractivity contribution is -0.125. The lowest BCUT2D eigenvalue weighted by Crippen LogP contribution is -2.50. The van der Waals surface area contributed by atoms with Gasteiger partial charge in [-0.3, -0.25) is 4.79 Å². The van der Waals surface area contributed by atoms with Crippen LogP contribution in [0.5, 0.6) is 5.75 Å². The molecule has 1 N–H and O–H groups in total. The summed E-state index contributed by atoms with van der Waals surface area (Å²) in [4.78, 5) is 24.3. The van der Waals surface area contributed by atoms with Crippen molar-refractivity contribution in [3.8, 4) is 11.8 Å². The third kappa shape index (κ3) is 5.25. The van der Waals surface area contributed by atoms with Crippen LogP contribution >= 0.6 is 0 Å². The van der Waals surface area contributed by atoms with E-state index in [1.54, 1.807) is 0 Å². The lowest BCUT2D eigenvalue weighted by Gasteiger charge is -2.31. The number of hydrogen-bond donors (Lipinski definition) is 1. The molecular formula is C19H25N3O6S. The van der Waals surface area contributed by atoms with E-state index >= 15 is 0 Å². The normalized spacial score (nSPS) is 16.0. The lowest BCUT2D eigenvalue weighted by atomic mass is 9.83. The van der Waals surface area contributed by atoms with Gasteiger partial charge in [0.15, 0.2) is 6.61 Å². The number of nitriles is 1. The fraction of sp³-hybridized carbons (Fsp3) is 0.526. The summed E-state index contributed by atoms with van der Waals surface area (Å²) >= 11 is 0. The number of benzene rings is 1. The number of carbonyl (C=O) groups excluding carboxylic acids is 2. The number of methoxy groups -OCH3 is 1. The van der Waals surface area contributed by atoms with Crippen molar-refractivity contribution in [3.05, 3.63) is 23.8 Å². The quantitative estimate of drug-likeness (QED) is 0.658.